The van der Waals surface area contributed by atoms with Crippen molar-refractivity contribution in [1.82, 2.24) is 16.0 Å². The molecule has 0 radical (unpaired) electrons. The van der Waals surface area contributed by atoms with E-state index in [1.807, 2.05) is 13.8 Å². The molecule has 4 amide bonds. The summed E-state index contributed by atoms with van der Waals surface area (Å²) in [6.07, 6.45) is -0.182. The van der Waals surface area contributed by atoms with Crippen LogP contribution in [0.1, 0.15) is 47.0 Å². The maximum atomic E-state index is 12.7. The number of nitrogens with one attached hydrogen (secondary N) is 3. The van der Waals surface area contributed by atoms with Crippen LogP contribution in [-0.4, -0.2) is 70.6 Å². The number of hydrogen-bond acceptors (Lipinski definition) is 7. The first-order chi connectivity index (χ1) is 14.3. The van der Waals surface area contributed by atoms with Gasteiger partial charge in [0.15, 0.2) is 0 Å². The lowest BCUT2D eigenvalue weighted by molar-refractivity contribution is -0.143. The van der Waals surface area contributed by atoms with Crippen LogP contribution in [0.2, 0.25) is 0 Å². The summed E-state index contributed by atoms with van der Waals surface area (Å²) in [6, 6.07) is -4.98. The number of primary amides is 1. The van der Waals surface area contributed by atoms with Crippen LogP contribution < -0.4 is 27.4 Å². The number of aliphatic hydroxyl groups excluding tert-OH is 1. The largest absolute Gasteiger partial charge is 0.480 e. The topological polar surface area (TPSA) is 214 Å². The summed E-state index contributed by atoms with van der Waals surface area (Å²) in [5.41, 5.74) is 10.5. The number of amides is 4. The van der Waals surface area contributed by atoms with Gasteiger partial charge < -0.3 is 37.6 Å². The second kappa shape index (κ2) is 13.5. The van der Waals surface area contributed by atoms with Crippen molar-refractivity contribution >= 4 is 29.6 Å². The molecule has 0 aromatic carbocycles. The third-order valence-electron chi connectivity index (χ3n) is 4.23. The first-order valence-corrected chi connectivity index (χ1v) is 10.1. The predicted octanol–water partition coefficient (Wildman–Crippen LogP) is -2.19. The SMILES string of the molecule is CC(C)CC(NC(=O)C(CC(C)C)NC(=O)C(CC(N)=O)NC(=O)C(N)CO)C(=O)O. The number of hydrogen-bond donors (Lipinski definition) is 7. The monoisotopic (exact) mass is 445 g/mol. The Bertz CT molecular complexity index is 654. The Morgan fingerprint density at radius 3 is 1.61 bits per heavy atom. The van der Waals surface area contributed by atoms with E-state index in [1.165, 1.54) is 0 Å². The van der Waals surface area contributed by atoms with E-state index in [0.717, 1.165) is 0 Å². The Balaban J connectivity index is 5.48. The van der Waals surface area contributed by atoms with Crippen LogP contribution in [0.25, 0.3) is 0 Å². The molecule has 0 aromatic heterocycles. The molecule has 0 saturated heterocycles. The second-order valence-corrected chi connectivity index (χ2v) is 8.24. The van der Waals surface area contributed by atoms with E-state index in [1.54, 1.807) is 13.8 Å². The van der Waals surface area contributed by atoms with Gasteiger partial charge in [0, 0.05) is 0 Å². The molecule has 0 rings (SSSR count). The van der Waals surface area contributed by atoms with Crippen LogP contribution in [0.4, 0.5) is 0 Å². The number of carboxylic acid groups (broad SMARTS) is 1. The summed E-state index contributed by atoms with van der Waals surface area (Å²) >= 11 is 0. The first kappa shape index (κ1) is 28.3. The number of nitrogens with two attached hydrogens (primary N) is 2. The number of aliphatic hydroxyl groups is 1. The van der Waals surface area contributed by atoms with Crippen LogP contribution >= 0.6 is 0 Å². The van der Waals surface area contributed by atoms with Crippen LogP contribution in [0, 0.1) is 11.8 Å². The zero-order valence-electron chi connectivity index (χ0n) is 18.4. The Kier molecular flexibility index (Phi) is 12.4. The average Bonchev–Trinajstić information content (AvgIpc) is 2.64. The number of carbonyl (C=O) groups excluding carboxylic acids is 4. The molecular formula is C19H35N5O7. The van der Waals surface area contributed by atoms with Gasteiger partial charge >= 0.3 is 5.97 Å². The highest BCUT2D eigenvalue weighted by Crippen LogP contribution is 2.09. The molecule has 4 unspecified atom stereocenters. The van der Waals surface area contributed by atoms with Crippen molar-refractivity contribution in [2.75, 3.05) is 6.61 Å². The van der Waals surface area contributed by atoms with Crippen molar-refractivity contribution < 1.29 is 34.2 Å². The molecule has 0 heterocycles. The third-order valence-corrected chi connectivity index (χ3v) is 4.23. The summed E-state index contributed by atoms with van der Waals surface area (Å²) in [7, 11) is 0. The zero-order valence-corrected chi connectivity index (χ0v) is 18.4. The lowest BCUT2D eigenvalue weighted by Gasteiger charge is -2.26. The molecule has 0 saturated carbocycles. The fourth-order valence-electron chi connectivity index (χ4n) is 2.71. The molecule has 31 heavy (non-hydrogen) atoms. The van der Waals surface area contributed by atoms with Crippen LogP contribution in [0.5, 0.6) is 0 Å². The van der Waals surface area contributed by atoms with Crippen LogP contribution in [0.15, 0.2) is 0 Å². The number of carboxylic acids is 1. The van der Waals surface area contributed by atoms with Gasteiger partial charge in [-0.3, -0.25) is 19.2 Å². The molecule has 0 fully saturated rings. The minimum absolute atomic E-state index is 0.00503. The van der Waals surface area contributed by atoms with Crippen molar-refractivity contribution in [2.24, 2.45) is 23.3 Å². The Hall–Kier alpha value is -2.73. The minimum Gasteiger partial charge on any atom is -0.480 e. The first-order valence-electron chi connectivity index (χ1n) is 10.1. The van der Waals surface area contributed by atoms with Crippen molar-refractivity contribution in [3.63, 3.8) is 0 Å². The van der Waals surface area contributed by atoms with Crippen molar-refractivity contribution in [1.29, 1.82) is 0 Å². The van der Waals surface area contributed by atoms with Gasteiger partial charge in [0.25, 0.3) is 0 Å². The summed E-state index contributed by atoms with van der Waals surface area (Å²) in [6.45, 7) is 6.55. The molecule has 0 aliphatic heterocycles. The molecule has 0 spiro atoms. The van der Waals surface area contributed by atoms with Gasteiger partial charge in [0.1, 0.15) is 24.2 Å². The lowest BCUT2D eigenvalue weighted by Crippen LogP contribution is -2.58. The summed E-state index contributed by atoms with van der Waals surface area (Å²) < 4.78 is 0. The predicted molar refractivity (Wildman–Crippen MR) is 111 cm³/mol. The van der Waals surface area contributed by atoms with E-state index in [4.69, 9.17) is 16.6 Å². The molecule has 178 valence electrons. The standard InChI is InChI=1S/C19H35N5O7/c1-9(2)5-12(17(28)24-14(19(30)31)6-10(3)4)23-18(29)13(7-15(21)26)22-16(27)11(20)8-25/h9-14,25H,5-8,20H2,1-4H3,(H2,21,26)(H,22,27)(H,23,29)(H,24,28)(H,30,31). The highest BCUT2D eigenvalue weighted by Gasteiger charge is 2.31. The fourth-order valence-corrected chi connectivity index (χ4v) is 2.71. The van der Waals surface area contributed by atoms with Gasteiger partial charge in [-0.2, -0.15) is 0 Å². The van der Waals surface area contributed by atoms with Gasteiger partial charge in [-0.05, 0) is 24.7 Å². The average molecular weight is 446 g/mol. The highest BCUT2D eigenvalue weighted by atomic mass is 16.4. The Morgan fingerprint density at radius 1 is 0.774 bits per heavy atom. The Morgan fingerprint density at radius 2 is 1.19 bits per heavy atom. The smallest absolute Gasteiger partial charge is 0.326 e. The van der Waals surface area contributed by atoms with Crippen molar-refractivity contribution in [3.05, 3.63) is 0 Å². The van der Waals surface area contributed by atoms with E-state index in [2.05, 4.69) is 16.0 Å². The molecule has 12 nitrogen and oxygen atoms in total. The van der Waals surface area contributed by atoms with Crippen LogP contribution in [0.3, 0.4) is 0 Å². The van der Waals surface area contributed by atoms with Crippen LogP contribution in [-0.2, 0) is 24.0 Å². The minimum atomic E-state index is -1.42. The maximum Gasteiger partial charge on any atom is 0.326 e. The molecule has 4 atom stereocenters. The molecule has 12 heteroatoms. The van der Waals surface area contributed by atoms with E-state index < -0.39 is 66.8 Å². The fraction of sp³-hybridized carbons (Fsp3) is 0.737. The molecular weight excluding hydrogens is 410 g/mol. The summed E-state index contributed by atoms with van der Waals surface area (Å²) in [4.78, 5) is 60.1. The van der Waals surface area contributed by atoms with Gasteiger partial charge in [0.05, 0.1) is 13.0 Å². The normalized spacial score (nSPS) is 15.0. The van der Waals surface area contributed by atoms with Gasteiger partial charge in [-0.1, -0.05) is 27.7 Å². The van der Waals surface area contributed by atoms with Crippen molar-refractivity contribution in [3.8, 4) is 0 Å². The highest BCUT2D eigenvalue weighted by molar-refractivity contribution is 5.96. The molecule has 0 aromatic rings. The number of aliphatic carboxylic acids is 1. The lowest BCUT2D eigenvalue weighted by atomic mass is 10.00. The van der Waals surface area contributed by atoms with E-state index in [9.17, 15) is 29.1 Å². The molecule has 0 bridgehead atoms. The summed E-state index contributed by atoms with van der Waals surface area (Å²) in [5.74, 6) is -4.57. The quantitative estimate of drug-likeness (QED) is 0.155. The maximum absolute atomic E-state index is 12.7. The molecule has 0 aliphatic rings. The zero-order chi connectivity index (χ0) is 24.3. The third kappa shape index (κ3) is 11.3. The van der Waals surface area contributed by atoms with E-state index >= 15 is 0 Å². The van der Waals surface area contributed by atoms with Gasteiger partial charge in [-0.15, -0.1) is 0 Å². The van der Waals surface area contributed by atoms with Gasteiger partial charge in [0.2, 0.25) is 23.6 Å². The van der Waals surface area contributed by atoms with Crippen molar-refractivity contribution in [2.45, 2.75) is 71.1 Å². The van der Waals surface area contributed by atoms with E-state index in [0.29, 0.717) is 0 Å². The number of carbonyl (C=O) groups is 5. The molecule has 9 N–H and O–H groups in total. The Labute approximate surface area is 181 Å². The summed E-state index contributed by atoms with van der Waals surface area (Å²) in [5, 5.41) is 25.4. The second-order valence-electron chi connectivity index (χ2n) is 8.24. The van der Waals surface area contributed by atoms with Gasteiger partial charge in [-0.25, -0.2) is 4.79 Å². The molecule has 0 aliphatic carbocycles. The van der Waals surface area contributed by atoms with E-state index in [-0.39, 0.29) is 24.7 Å². The number of rotatable bonds is 14.